The molecule has 0 fully saturated rings. The van der Waals surface area contributed by atoms with E-state index in [0.717, 1.165) is 4.57 Å². The van der Waals surface area contributed by atoms with E-state index in [1.165, 1.54) is 16.9 Å². The van der Waals surface area contributed by atoms with Crippen LogP contribution in [-0.2, 0) is 17.9 Å². The van der Waals surface area contributed by atoms with Gasteiger partial charge in [-0.05, 0) is 61.5 Å². The molecule has 4 rings (SSSR count). The number of hydrogen-bond acceptors (Lipinski definition) is 5. The molecule has 0 saturated heterocycles. The molecular weight excluding hydrogens is 434 g/mol. The summed E-state index contributed by atoms with van der Waals surface area (Å²) in [6.07, 6.45) is 1.51. The van der Waals surface area contributed by atoms with Gasteiger partial charge in [-0.25, -0.2) is 9.36 Å². The van der Waals surface area contributed by atoms with E-state index < -0.39 is 17.2 Å². The van der Waals surface area contributed by atoms with Gasteiger partial charge in [-0.2, -0.15) is 0 Å². The quantitative estimate of drug-likeness (QED) is 0.464. The average molecular weight is 454 g/mol. The lowest BCUT2D eigenvalue weighted by Gasteiger charge is -2.14. The lowest BCUT2D eigenvalue weighted by molar-refractivity contribution is -0.121. The summed E-state index contributed by atoms with van der Waals surface area (Å²) < 4.78 is 12.9. The molecule has 9 heteroatoms. The first kappa shape index (κ1) is 21.5. The number of fused-ring (bicyclic) bond motifs is 1. The van der Waals surface area contributed by atoms with Crippen molar-refractivity contribution in [2.24, 2.45) is 0 Å². The maximum Gasteiger partial charge on any atom is 0.336 e. The van der Waals surface area contributed by atoms with Crippen molar-refractivity contribution in [3.63, 3.8) is 0 Å². The third-order valence-electron chi connectivity index (χ3n) is 4.85. The predicted molar refractivity (Wildman–Crippen MR) is 121 cm³/mol. The van der Waals surface area contributed by atoms with Crippen LogP contribution < -0.4 is 21.3 Å². The lowest BCUT2D eigenvalue weighted by Crippen LogP contribution is -2.41. The molecule has 0 atom stereocenters. The van der Waals surface area contributed by atoms with Gasteiger partial charge in [-0.3, -0.25) is 14.2 Å². The largest absolute Gasteiger partial charge is 0.494 e. The molecule has 32 heavy (non-hydrogen) atoms. The fourth-order valence-electron chi connectivity index (χ4n) is 3.38. The summed E-state index contributed by atoms with van der Waals surface area (Å²) in [4.78, 5) is 39.1. The average Bonchev–Trinajstić information content (AvgIpc) is 3.30. The Morgan fingerprint density at radius 2 is 1.91 bits per heavy atom. The molecule has 4 aromatic rings. The first-order valence-corrected chi connectivity index (χ1v) is 10.3. The van der Waals surface area contributed by atoms with Crippen molar-refractivity contribution >= 4 is 28.4 Å². The summed E-state index contributed by atoms with van der Waals surface area (Å²) in [5, 5.41) is 3.32. The molecule has 0 aliphatic carbocycles. The van der Waals surface area contributed by atoms with E-state index in [9.17, 15) is 14.4 Å². The SMILES string of the molecule is CCOc1ccc(-n2c(=O)c3ccc(Cl)cc3n(CC(=O)NCc3ccco3)c2=O)cc1. The van der Waals surface area contributed by atoms with E-state index in [-0.39, 0.29) is 24.0 Å². The molecule has 8 nitrogen and oxygen atoms in total. The maximum atomic E-state index is 13.3. The molecule has 0 spiro atoms. The number of rotatable bonds is 7. The molecule has 1 N–H and O–H groups in total. The molecule has 2 aromatic heterocycles. The molecule has 0 saturated carbocycles. The van der Waals surface area contributed by atoms with Crippen molar-refractivity contribution in [2.75, 3.05) is 6.61 Å². The molecule has 0 unspecified atom stereocenters. The molecule has 1 amide bonds. The Morgan fingerprint density at radius 1 is 1.12 bits per heavy atom. The van der Waals surface area contributed by atoms with Crippen molar-refractivity contribution in [2.45, 2.75) is 20.0 Å². The van der Waals surface area contributed by atoms with Gasteiger partial charge in [-0.15, -0.1) is 0 Å². The molecule has 0 radical (unpaired) electrons. The molecule has 2 aromatic carbocycles. The van der Waals surface area contributed by atoms with Crippen LogP contribution in [0, 0.1) is 0 Å². The summed E-state index contributed by atoms with van der Waals surface area (Å²) in [5.41, 5.74) is -0.506. The zero-order valence-corrected chi connectivity index (χ0v) is 18.0. The van der Waals surface area contributed by atoms with Gasteiger partial charge < -0.3 is 14.5 Å². The summed E-state index contributed by atoms with van der Waals surface area (Å²) >= 11 is 6.11. The maximum absolute atomic E-state index is 13.3. The van der Waals surface area contributed by atoms with E-state index in [1.54, 1.807) is 48.5 Å². The van der Waals surface area contributed by atoms with E-state index in [1.807, 2.05) is 6.92 Å². The first-order valence-electron chi connectivity index (χ1n) is 9.95. The highest BCUT2D eigenvalue weighted by Crippen LogP contribution is 2.18. The molecular formula is C23H20ClN3O5. The molecule has 0 aliphatic rings. The number of benzene rings is 2. The number of carbonyl (C=O) groups is 1. The number of halogens is 1. The number of aromatic nitrogens is 2. The molecule has 0 aliphatic heterocycles. The van der Waals surface area contributed by atoms with Crippen LogP contribution in [0.2, 0.25) is 5.02 Å². The van der Waals surface area contributed by atoms with Gasteiger partial charge >= 0.3 is 5.69 Å². The van der Waals surface area contributed by atoms with Crippen molar-refractivity contribution < 1.29 is 13.9 Å². The van der Waals surface area contributed by atoms with Crippen molar-refractivity contribution in [3.05, 3.63) is 92.5 Å². The second kappa shape index (κ2) is 9.15. The highest BCUT2D eigenvalue weighted by molar-refractivity contribution is 6.31. The molecule has 0 bridgehead atoms. The van der Waals surface area contributed by atoms with Crippen LogP contribution in [-0.4, -0.2) is 21.6 Å². The van der Waals surface area contributed by atoms with E-state index in [0.29, 0.717) is 28.8 Å². The smallest absolute Gasteiger partial charge is 0.336 e. The Kier molecular flexibility index (Phi) is 6.13. The number of hydrogen-bond donors (Lipinski definition) is 1. The van der Waals surface area contributed by atoms with Crippen LogP contribution in [0.5, 0.6) is 5.75 Å². The predicted octanol–water partition coefficient (Wildman–Crippen LogP) is 3.11. The van der Waals surface area contributed by atoms with Crippen molar-refractivity contribution in [1.29, 1.82) is 0 Å². The Morgan fingerprint density at radius 3 is 2.59 bits per heavy atom. The topological polar surface area (TPSA) is 95.5 Å². The van der Waals surface area contributed by atoms with E-state index in [4.69, 9.17) is 20.8 Å². The number of ether oxygens (including phenoxy) is 1. The standard InChI is InChI=1S/C23H20ClN3O5/c1-2-31-17-8-6-16(7-9-17)27-22(29)19-10-5-15(24)12-20(19)26(23(27)30)14-21(28)25-13-18-4-3-11-32-18/h3-12H,2,13-14H2,1H3,(H,25,28). The van der Waals surface area contributed by atoms with Crippen LogP contribution in [0.25, 0.3) is 16.6 Å². The fraction of sp³-hybridized carbons (Fsp3) is 0.174. The highest BCUT2D eigenvalue weighted by Gasteiger charge is 2.17. The third-order valence-corrected chi connectivity index (χ3v) is 5.09. The van der Waals surface area contributed by atoms with Crippen molar-refractivity contribution in [3.8, 4) is 11.4 Å². The monoisotopic (exact) mass is 453 g/mol. The minimum atomic E-state index is -0.651. The van der Waals surface area contributed by atoms with Crippen LogP contribution in [0.4, 0.5) is 0 Å². The minimum absolute atomic E-state index is 0.178. The minimum Gasteiger partial charge on any atom is -0.494 e. The van der Waals surface area contributed by atoms with Gasteiger partial charge in [0.2, 0.25) is 5.91 Å². The molecule has 164 valence electrons. The van der Waals surface area contributed by atoms with Gasteiger partial charge in [0.25, 0.3) is 5.56 Å². The zero-order chi connectivity index (χ0) is 22.7. The summed E-state index contributed by atoms with van der Waals surface area (Å²) in [7, 11) is 0. The Bertz CT molecular complexity index is 1370. The number of nitrogens with zero attached hydrogens (tertiary/aromatic N) is 2. The second-order valence-corrected chi connectivity index (χ2v) is 7.39. The van der Waals surface area contributed by atoms with Crippen LogP contribution in [0.15, 0.2) is 74.9 Å². The normalized spacial score (nSPS) is 10.9. The van der Waals surface area contributed by atoms with Gasteiger partial charge in [0.15, 0.2) is 0 Å². The Hall–Kier alpha value is -3.78. The van der Waals surface area contributed by atoms with Crippen LogP contribution in [0.1, 0.15) is 12.7 Å². The van der Waals surface area contributed by atoms with Crippen LogP contribution in [0.3, 0.4) is 0 Å². The summed E-state index contributed by atoms with van der Waals surface area (Å²) in [5.74, 6) is 0.786. The Balaban J connectivity index is 1.78. The fourth-order valence-corrected chi connectivity index (χ4v) is 3.54. The summed E-state index contributed by atoms with van der Waals surface area (Å²) in [6, 6.07) is 14.7. The van der Waals surface area contributed by atoms with E-state index in [2.05, 4.69) is 5.32 Å². The van der Waals surface area contributed by atoms with Gasteiger partial charge in [0.05, 0.1) is 36.0 Å². The van der Waals surface area contributed by atoms with Gasteiger partial charge in [0, 0.05) is 5.02 Å². The summed E-state index contributed by atoms with van der Waals surface area (Å²) in [6.45, 7) is 2.24. The number of amides is 1. The lowest BCUT2D eigenvalue weighted by atomic mass is 10.2. The molecule has 2 heterocycles. The van der Waals surface area contributed by atoms with Crippen molar-refractivity contribution in [1.82, 2.24) is 14.5 Å². The van der Waals surface area contributed by atoms with Gasteiger partial charge in [0.1, 0.15) is 18.1 Å². The van der Waals surface area contributed by atoms with E-state index >= 15 is 0 Å². The number of furan rings is 1. The number of carbonyl (C=O) groups excluding carboxylic acids is 1. The van der Waals surface area contributed by atoms with Gasteiger partial charge in [-0.1, -0.05) is 11.6 Å². The second-order valence-electron chi connectivity index (χ2n) is 6.95. The number of nitrogens with one attached hydrogen (secondary N) is 1. The zero-order valence-electron chi connectivity index (χ0n) is 17.2. The first-order chi connectivity index (χ1) is 15.5. The van der Waals surface area contributed by atoms with Crippen LogP contribution >= 0.6 is 11.6 Å². The third kappa shape index (κ3) is 4.31. The Labute approximate surface area is 187 Å². The highest BCUT2D eigenvalue weighted by atomic mass is 35.5.